The highest BCUT2D eigenvalue weighted by atomic mass is 35.5. The third-order valence-corrected chi connectivity index (χ3v) is 3.32. The average molecular weight is 302 g/mol. The maximum absolute atomic E-state index is 5.92. The number of nitrogens with zero attached hydrogens (tertiary/aromatic N) is 5. The summed E-state index contributed by atoms with van der Waals surface area (Å²) in [6.45, 7) is 13.4. The molecular formula is C13H24ClN5O. The van der Waals surface area contributed by atoms with Crippen LogP contribution in [-0.2, 0) is 0 Å². The first-order valence-electron chi connectivity index (χ1n) is 7.16. The molecule has 20 heavy (non-hydrogen) atoms. The van der Waals surface area contributed by atoms with Gasteiger partial charge in [0.05, 0.1) is 0 Å². The van der Waals surface area contributed by atoms with Crippen molar-refractivity contribution in [1.29, 1.82) is 0 Å². The van der Waals surface area contributed by atoms with E-state index < -0.39 is 0 Å². The van der Waals surface area contributed by atoms with E-state index in [1.807, 2.05) is 18.7 Å². The molecule has 0 unspecified atom stereocenters. The third-order valence-electron chi connectivity index (χ3n) is 3.16. The van der Waals surface area contributed by atoms with Gasteiger partial charge >= 0.3 is 6.01 Å². The summed E-state index contributed by atoms with van der Waals surface area (Å²) in [6.07, 6.45) is 0. The molecule has 0 aliphatic rings. The monoisotopic (exact) mass is 301 g/mol. The van der Waals surface area contributed by atoms with Crippen LogP contribution in [0.3, 0.4) is 0 Å². The Bertz CT molecular complexity index is 396. The van der Waals surface area contributed by atoms with Crippen molar-refractivity contribution in [2.75, 3.05) is 44.2 Å². The van der Waals surface area contributed by atoms with Crippen LogP contribution < -0.4 is 9.64 Å². The van der Waals surface area contributed by atoms with Gasteiger partial charge in [0.2, 0.25) is 11.2 Å². The number of ether oxygens (including phenoxy) is 1. The third kappa shape index (κ3) is 5.09. The molecule has 0 N–H and O–H groups in total. The molecule has 0 fully saturated rings. The second-order valence-corrected chi connectivity index (χ2v) is 4.57. The molecule has 0 amide bonds. The van der Waals surface area contributed by atoms with Crippen molar-refractivity contribution in [2.45, 2.75) is 27.7 Å². The average Bonchev–Trinajstić information content (AvgIpc) is 2.44. The van der Waals surface area contributed by atoms with Crippen LogP contribution in [0.25, 0.3) is 0 Å². The lowest BCUT2D eigenvalue weighted by Gasteiger charge is -2.19. The minimum Gasteiger partial charge on any atom is -0.462 e. The van der Waals surface area contributed by atoms with Crippen molar-refractivity contribution in [3.8, 4) is 6.01 Å². The molecule has 1 heterocycles. The van der Waals surface area contributed by atoms with Gasteiger partial charge in [0.25, 0.3) is 0 Å². The summed E-state index contributed by atoms with van der Waals surface area (Å²) in [5.74, 6) is 0.563. The Morgan fingerprint density at radius 1 is 0.950 bits per heavy atom. The normalized spacial score (nSPS) is 10.9. The van der Waals surface area contributed by atoms with Crippen LogP contribution in [0.2, 0.25) is 5.28 Å². The molecule has 0 spiro atoms. The number of aromatic nitrogens is 3. The van der Waals surface area contributed by atoms with Crippen molar-refractivity contribution >= 4 is 17.5 Å². The van der Waals surface area contributed by atoms with Gasteiger partial charge in [-0.1, -0.05) is 13.8 Å². The van der Waals surface area contributed by atoms with Gasteiger partial charge in [-0.3, -0.25) is 0 Å². The zero-order chi connectivity index (χ0) is 15.0. The van der Waals surface area contributed by atoms with Crippen molar-refractivity contribution in [3.63, 3.8) is 0 Å². The highest BCUT2D eigenvalue weighted by Crippen LogP contribution is 2.14. The van der Waals surface area contributed by atoms with E-state index in [0.717, 1.165) is 32.7 Å². The number of anilines is 1. The van der Waals surface area contributed by atoms with Gasteiger partial charge < -0.3 is 14.5 Å². The summed E-state index contributed by atoms with van der Waals surface area (Å²) >= 11 is 5.92. The number of hydrogen-bond acceptors (Lipinski definition) is 6. The minimum atomic E-state index is 0.166. The van der Waals surface area contributed by atoms with Gasteiger partial charge in [0.15, 0.2) is 0 Å². The van der Waals surface area contributed by atoms with Crippen LogP contribution in [-0.4, -0.2) is 59.2 Å². The molecule has 0 aliphatic carbocycles. The highest BCUT2D eigenvalue weighted by Gasteiger charge is 2.11. The Morgan fingerprint density at radius 3 is 2.15 bits per heavy atom. The Balaban J connectivity index is 2.66. The Labute approximate surface area is 126 Å². The van der Waals surface area contributed by atoms with Crippen LogP contribution >= 0.6 is 11.6 Å². The maximum Gasteiger partial charge on any atom is 0.322 e. The van der Waals surface area contributed by atoms with E-state index in [9.17, 15) is 0 Å². The van der Waals surface area contributed by atoms with Crippen LogP contribution in [0.15, 0.2) is 0 Å². The molecule has 0 aromatic carbocycles. The number of halogens is 1. The lowest BCUT2D eigenvalue weighted by atomic mass is 10.5. The summed E-state index contributed by atoms with van der Waals surface area (Å²) in [5, 5.41) is 0.166. The molecule has 1 aromatic rings. The van der Waals surface area contributed by atoms with Crippen LogP contribution in [0.4, 0.5) is 5.95 Å². The van der Waals surface area contributed by atoms with Crippen molar-refractivity contribution in [1.82, 2.24) is 19.9 Å². The Morgan fingerprint density at radius 2 is 1.60 bits per heavy atom. The summed E-state index contributed by atoms with van der Waals surface area (Å²) in [5.41, 5.74) is 0. The first kappa shape index (κ1) is 16.9. The van der Waals surface area contributed by atoms with Gasteiger partial charge in [-0.25, -0.2) is 0 Å². The number of hydrogen-bond donors (Lipinski definition) is 0. The largest absolute Gasteiger partial charge is 0.462 e. The van der Waals surface area contributed by atoms with Crippen molar-refractivity contribution < 1.29 is 4.74 Å². The molecule has 7 heteroatoms. The Hall–Kier alpha value is -1.14. The molecule has 0 bridgehead atoms. The molecule has 0 atom stereocenters. The van der Waals surface area contributed by atoms with E-state index in [1.165, 1.54) is 0 Å². The molecule has 1 rings (SSSR count). The molecule has 1 aromatic heterocycles. The van der Waals surface area contributed by atoms with Gasteiger partial charge in [0, 0.05) is 19.6 Å². The Kier molecular flexibility index (Phi) is 7.54. The zero-order valence-electron chi connectivity index (χ0n) is 12.8. The van der Waals surface area contributed by atoms with Crippen LogP contribution in [0.1, 0.15) is 27.7 Å². The van der Waals surface area contributed by atoms with E-state index >= 15 is 0 Å². The van der Waals surface area contributed by atoms with E-state index in [0.29, 0.717) is 18.6 Å². The second-order valence-electron chi connectivity index (χ2n) is 4.23. The van der Waals surface area contributed by atoms with Crippen molar-refractivity contribution in [3.05, 3.63) is 5.28 Å². The first-order valence-corrected chi connectivity index (χ1v) is 7.53. The molecule has 6 nitrogen and oxygen atoms in total. The van der Waals surface area contributed by atoms with E-state index in [2.05, 4.69) is 33.7 Å². The lowest BCUT2D eigenvalue weighted by Crippen LogP contribution is -2.28. The SMILES string of the molecule is CCN(CC)CCOc1nc(Cl)nc(N(CC)CC)n1. The fourth-order valence-corrected chi connectivity index (χ4v) is 1.99. The van der Waals surface area contributed by atoms with Gasteiger partial charge in [-0.15, -0.1) is 0 Å². The van der Waals surface area contributed by atoms with Crippen molar-refractivity contribution in [2.24, 2.45) is 0 Å². The second kappa shape index (κ2) is 8.92. The van der Waals surface area contributed by atoms with E-state index in [1.54, 1.807) is 0 Å². The highest BCUT2D eigenvalue weighted by molar-refractivity contribution is 6.28. The summed E-state index contributed by atoms with van der Waals surface area (Å²) in [6, 6.07) is 0.291. The summed E-state index contributed by atoms with van der Waals surface area (Å²) in [7, 11) is 0. The number of rotatable bonds is 9. The standard InChI is InChI=1S/C13H24ClN5O/c1-5-18(6-2)9-10-20-13-16-11(14)15-12(17-13)19(7-3)8-4/h5-10H2,1-4H3. The molecular weight excluding hydrogens is 278 g/mol. The predicted molar refractivity (Wildman–Crippen MR) is 81.7 cm³/mol. The quantitative estimate of drug-likeness (QED) is 0.696. The van der Waals surface area contributed by atoms with Gasteiger partial charge in [-0.2, -0.15) is 15.0 Å². The van der Waals surface area contributed by atoms with Crippen LogP contribution in [0.5, 0.6) is 6.01 Å². The van der Waals surface area contributed by atoms with E-state index in [-0.39, 0.29) is 5.28 Å². The molecule has 0 saturated carbocycles. The smallest absolute Gasteiger partial charge is 0.322 e. The molecule has 0 aliphatic heterocycles. The molecule has 0 radical (unpaired) electrons. The maximum atomic E-state index is 5.92. The summed E-state index contributed by atoms with van der Waals surface area (Å²) < 4.78 is 5.59. The van der Waals surface area contributed by atoms with Crippen LogP contribution in [0, 0.1) is 0 Å². The van der Waals surface area contributed by atoms with Gasteiger partial charge in [0.1, 0.15) is 6.61 Å². The summed E-state index contributed by atoms with van der Waals surface area (Å²) in [4.78, 5) is 16.7. The number of likely N-dealkylation sites (N-methyl/N-ethyl adjacent to an activating group) is 1. The lowest BCUT2D eigenvalue weighted by molar-refractivity contribution is 0.212. The first-order chi connectivity index (χ1) is 9.64. The van der Waals surface area contributed by atoms with E-state index in [4.69, 9.17) is 16.3 Å². The fourth-order valence-electron chi connectivity index (χ4n) is 1.84. The zero-order valence-corrected chi connectivity index (χ0v) is 13.5. The molecule has 0 saturated heterocycles. The van der Waals surface area contributed by atoms with Gasteiger partial charge in [-0.05, 0) is 38.5 Å². The topological polar surface area (TPSA) is 54.4 Å². The fraction of sp³-hybridized carbons (Fsp3) is 0.769. The molecule has 114 valence electrons. The predicted octanol–water partition coefficient (Wildman–Crippen LogP) is 2.09. The minimum absolute atomic E-state index is 0.166.